The predicted octanol–water partition coefficient (Wildman–Crippen LogP) is 3.34. The first-order valence-corrected chi connectivity index (χ1v) is 13.9. The van der Waals surface area contributed by atoms with E-state index < -0.39 is 37.0 Å². The Kier molecular flexibility index (Phi) is 8.28. The highest BCUT2D eigenvalue weighted by molar-refractivity contribution is 6.76. The lowest BCUT2D eigenvalue weighted by atomic mass is 10.1. The maximum absolute atomic E-state index is 12.7. The minimum Gasteiger partial charge on any atom is -0.466 e. The standard InChI is InChI=1S/C20H29N3O7Si/c1-5-29-19(25)13-16-12-18(24)22(20(26)30-10-11-31(2,3)4)21(16)14-15-8-6-7-9-17(15)23(27)28/h6-9,16H,5,10-14H2,1-4H3. The lowest BCUT2D eigenvalue weighted by Gasteiger charge is -2.29. The van der Waals surface area contributed by atoms with Crippen molar-refractivity contribution in [1.82, 2.24) is 10.0 Å². The van der Waals surface area contributed by atoms with Gasteiger partial charge in [0.1, 0.15) is 0 Å². The van der Waals surface area contributed by atoms with Crippen LogP contribution in [0, 0.1) is 10.1 Å². The van der Waals surface area contributed by atoms with Crippen molar-refractivity contribution in [1.29, 1.82) is 0 Å². The molecule has 1 aromatic carbocycles. The summed E-state index contributed by atoms with van der Waals surface area (Å²) < 4.78 is 10.3. The number of nitrogens with zero attached hydrogens (tertiary/aromatic N) is 3. The lowest BCUT2D eigenvalue weighted by molar-refractivity contribution is -0.385. The molecule has 1 atom stereocenters. The number of hydrogen-bond donors (Lipinski definition) is 0. The Morgan fingerprint density at radius 1 is 1.23 bits per heavy atom. The first kappa shape index (κ1) is 24.5. The number of nitro groups is 1. The Hall–Kier alpha value is -2.79. The molecule has 31 heavy (non-hydrogen) atoms. The van der Waals surface area contributed by atoms with Gasteiger partial charge >= 0.3 is 12.1 Å². The number of benzene rings is 1. The SMILES string of the molecule is CCOC(=O)CC1CC(=O)N(C(=O)OCC[Si](C)(C)C)N1Cc1ccccc1[N+](=O)[O-]. The van der Waals surface area contributed by atoms with Crippen LogP contribution in [0.4, 0.5) is 10.5 Å². The van der Waals surface area contributed by atoms with Crippen molar-refractivity contribution < 1.29 is 28.8 Å². The Morgan fingerprint density at radius 2 is 1.90 bits per heavy atom. The second-order valence-electron chi connectivity index (χ2n) is 8.48. The van der Waals surface area contributed by atoms with Gasteiger partial charge in [-0.1, -0.05) is 37.8 Å². The van der Waals surface area contributed by atoms with Crippen molar-refractivity contribution in [3.05, 3.63) is 39.9 Å². The third-order valence-electron chi connectivity index (χ3n) is 4.80. The van der Waals surface area contributed by atoms with Gasteiger partial charge in [0.05, 0.1) is 31.1 Å². The van der Waals surface area contributed by atoms with Gasteiger partial charge < -0.3 is 9.47 Å². The minimum atomic E-state index is -1.45. The van der Waals surface area contributed by atoms with Crippen LogP contribution in [0.5, 0.6) is 0 Å². The van der Waals surface area contributed by atoms with Crippen molar-refractivity contribution in [2.45, 2.75) is 58.0 Å². The number of imide groups is 1. The van der Waals surface area contributed by atoms with Crippen molar-refractivity contribution in [2.75, 3.05) is 13.2 Å². The van der Waals surface area contributed by atoms with E-state index in [1.165, 1.54) is 17.1 Å². The van der Waals surface area contributed by atoms with Crippen molar-refractivity contribution in [3.8, 4) is 0 Å². The number of ether oxygens (including phenoxy) is 2. The second kappa shape index (κ2) is 10.5. The van der Waals surface area contributed by atoms with Gasteiger partial charge in [-0.2, -0.15) is 10.0 Å². The van der Waals surface area contributed by atoms with Gasteiger partial charge in [-0.25, -0.2) is 4.79 Å². The third kappa shape index (κ3) is 6.86. The molecule has 2 rings (SSSR count). The number of rotatable bonds is 9. The number of esters is 1. The van der Waals surface area contributed by atoms with Crippen LogP contribution in [-0.4, -0.2) is 60.2 Å². The highest BCUT2D eigenvalue weighted by atomic mass is 28.3. The minimum absolute atomic E-state index is 0.0947. The van der Waals surface area contributed by atoms with Crippen LogP contribution in [0.25, 0.3) is 0 Å². The molecule has 1 aliphatic rings. The summed E-state index contributed by atoms with van der Waals surface area (Å²) in [6.45, 7) is 8.35. The average molecular weight is 452 g/mol. The van der Waals surface area contributed by atoms with E-state index in [9.17, 15) is 24.5 Å². The summed E-state index contributed by atoms with van der Waals surface area (Å²) in [5.74, 6) is -1.03. The van der Waals surface area contributed by atoms with Gasteiger partial charge in [-0.05, 0) is 13.0 Å². The van der Waals surface area contributed by atoms with Gasteiger partial charge in [0.15, 0.2) is 0 Å². The summed E-state index contributed by atoms with van der Waals surface area (Å²) in [5.41, 5.74) is 0.180. The number of carbonyl (C=O) groups is 3. The Morgan fingerprint density at radius 3 is 2.52 bits per heavy atom. The number of para-hydroxylation sites is 1. The number of hydrogen-bond acceptors (Lipinski definition) is 8. The molecule has 0 bridgehead atoms. The normalized spacial score (nSPS) is 17.0. The Balaban J connectivity index is 2.27. The fourth-order valence-electron chi connectivity index (χ4n) is 3.20. The topological polar surface area (TPSA) is 119 Å². The zero-order valence-corrected chi connectivity index (χ0v) is 19.3. The van der Waals surface area contributed by atoms with Gasteiger partial charge in [0.25, 0.3) is 5.69 Å². The number of amides is 2. The molecule has 1 unspecified atom stereocenters. The van der Waals surface area contributed by atoms with E-state index in [-0.39, 0.29) is 38.3 Å². The average Bonchev–Trinajstić information content (AvgIpc) is 2.95. The molecule has 0 saturated carbocycles. The molecule has 1 aromatic rings. The van der Waals surface area contributed by atoms with Crippen molar-refractivity contribution in [3.63, 3.8) is 0 Å². The smallest absolute Gasteiger partial charge is 0.431 e. The summed E-state index contributed by atoms with van der Waals surface area (Å²) in [7, 11) is -1.45. The second-order valence-corrected chi connectivity index (χ2v) is 14.1. The van der Waals surface area contributed by atoms with Gasteiger partial charge in [-0.3, -0.25) is 19.7 Å². The summed E-state index contributed by atoms with van der Waals surface area (Å²) in [6.07, 6.45) is -1.06. The maximum atomic E-state index is 12.7. The van der Waals surface area contributed by atoms with Crippen molar-refractivity contribution in [2.24, 2.45) is 0 Å². The van der Waals surface area contributed by atoms with E-state index in [1.54, 1.807) is 19.1 Å². The molecule has 1 heterocycles. The molecule has 1 saturated heterocycles. The van der Waals surface area contributed by atoms with E-state index in [4.69, 9.17) is 9.47 Å². The molecular weight excluding hydrogens is 422 g/mol. The number of nitro benzene ring substituents is 1. The molecule has 0 N–H and O–H groups in total. The number of hydrazine groups is 1. The number of carbonyl (C=O) groups excluding carboxylic acids is 3. The molecule has 0 aromatic heterocycles. The van der Waals surface area contributed by atoms with Crippen LogP contribution in [0.2, 0.25) is 25.7 Å². The highest BCUT2D eigenvalue weighted by Crippen LogP contribution is 2.29. The van der Waals surface area contributed by atoms with E-state index in [2.05, 4.69) is 19.6 Å². The first-order chi connectivity index (χ1) is 14.5. The van der Waals surface area contributed by atoms with E-state index in [0.717, 1.165) is 11.1 Å². The van der Waals surface area contributed by atoms with Crippen LogP contribution in [-0.2, 0) is 25.6 Å². The Labute approximate surface area is 182 Å². The van der Waals surface area contributed by atoms with Gasteiger partial charge in [-0.15, -0.1) is 0 Å². The van der Waals surface area contributed by atoms with Gasteiger partial charge in [0, 0.05) is 32.2 Å². The molecule has 10 nitrogen and oxygen atoms in total. The molecule has 0 radical (unpaired) electrons. The van der Waals surface area contributed by atoms with E-state index >= 15 is 0 Å². The molecular formula is C20H29N3O7Si. The van der Waals surface area contributed by atoms with Crippen molar-refractivity contribution >= 4 is 31.7 Å². The molecule has 1 fully saturated rings. The van der Waals surface area contributed by atoms with Crippen LogP contribution in [0.1, 0.15) is 25.3 Å². The zero-order chi connectivity index (χ0) is 23.2. The lowest BCUT2D eigenvalue weighted by Crippen LogP contribution is -2.46. The first-order valence-electron chi connectivity index (χ1n) is 10.2. The molecule has 11 heteroatoms. The zero-order valence-electron chi connectivity index (χ0n) is 18.3. The highest BCUT2D eigenvalue weighted by Gasteiger charge is 2.44. The molecule has 2 amide bonds. The van der Waals surface area contributed by atoms with E-state index in [0.29, 0.717) is 5.56 Å². The third-order valence-corrected chi connectivity index (χ3v) is 6.51. The fraction of sp³-hybridized carbons (Fsp3) is 0.550. The maximum Gasteiger partial charge on any atom is 0.431 e. The molecule has 170 valence electrons. The van der Waals surface area contributed by atoms with Crippen LogP contribution in [0.3, 0.4) is 0 Å². The summed E-state index contributed by atoms with van der Waals surface area (Å²) in [4.78, 5) is 48.3. The van der Waals surface area contributed by atoms with Crippen LogP contribution < -0.4 is 0 Å². The summed E-state index contributed by atoms with van der Waals surface area (Å²) in [6, 6.07) is 6.14. The quantitative estimate of drug-likeness (QED) is 0.243. The fourth-order valence-corrected chi connectivity index (χ4v) is 3.91. The Bertz CT molecular complexity index is 840. The summed E-state index contributed by atoms with van der Waals surface area (Å²) >= 11 is 0. The van der Waals surface area contributed by atoms with Crippen LogP contribution in [0.15, 0.2) is 24.3 Å². The van der Waals surface area contributed by atoms with Gasteiger partial charge in [0.2, 0.25) is 5.91 Å². The predicted molar refractivity (Wildman–Crippen MR) is 115 cm³/mol. The summed E-state index contributed by atoms with van der Waals surface area (Å²) in [5, 5.41) is 13.6. The van der Waals surface area contributed by atoms with Crippen LogP contribution >= 0.6 is 0 Å². The largest absolute Gasteiger partial charge is 0.466 e. The molecule has 0 aliphatic carbocycles. The molecule has 0 spiro atoms. The van der Waals surface area contributed by atoms with E-state index in [1.807, 2.05) is 0 Å². The monoisotopic (exact) mass is 451 g/mol. The molecule has 1 aliphatic heterocycles.